The van der Waals surface area contributed by atoms with Crippen LogP contribution in [-0.4, -0.2) is 44.4 Å². The lowest BCUT2D eigenvalue weighted by Crippen LogP contribution is -2.37. The number of nitrogens with zero attached hydrogens (tertiary/aromatic N) is 3. The Morgan fingerprint density at radius 3 is 2.92 bits per heavy atom. The fourth-order valence-electron chi connectivity index (χ4n) is 3.38. The van der Waals surface area contributed by atoms with Gasteiger partial charge in [0.15, 0.2) is 0 Å². The van der Waals surface area contributed by atoms with Crippen LogP contribution in [0.25, 0.3) is 5.69 Å². The predicted octanol–water partition coefficient (Wildman–Crippen LogP) is 2.70. The van der Waals surface area contributed by atoms with Gasteiger partial charge in [0.1, 0.15) is 11.5 Å². The Labute approximate surface area is 140 Å². The van der Waals surface area contributed by atoms with E-state index in [1.165, 1.54) is 16.9 Å². The highest BCUT2D eigenvalue weighted by atomic mass is 19.1. The fourth-order valence-corrected chi connectivity index (χ4v) is 3.38. The SMILES string of the molecule is Cc1c(C(=O)N2CCCC2CC(C)O)cnn1-c1ccccc1F. The lowest BCUT2D eigenvalue weighted by molar-refractivity contribution is 0.0681. The average Bonchev–Trinajstić information content (AvgIpc) is 3.13. The second-order valence-corrected chi connectivity index (χ2v) is 6.39. The molecule has 1 aromatic heterocycles. The van der Waals surface area contributed by atoms with Crippen LogP contribution in [0.15, 0.2) is 30.5 Å². The van der Waals surface area contributed by atoms with E-state index in [9.17, 15) is 14.3 Å². The molecule has 1 fully saturated rings. The molecule has 1 aliphatic heterocycles. The molecule has 2 heterocycles. The van der Waals surface area contributed by atoms with Crippen LogP contribution < -0.4 is 0 Å². The molecule has 3 rings (SSSR count). The van der Waals surface area contributed by atoms with E-state index in [-0.39, 0.29) is 17.8 Å². The topological polar surface area (TPSA) is 58.4 Å². The highest BCUT2D eigenvalue weighted by molar-refractivity contribution is 5.95. The molecule has 128 valence electrons. The van der Waals surface area contributed by atoms with Crippen LogP contribution in [-0.2, 0) is 0 Å². The van der Waals surface area contributed by atoms with Crippen LogP contribution in [0.3, 0.4) is 0 Å². The van der Waals surface area contributed by atoms with E-state index >= 15 is 0 Å². The van der Waals surface area contributed by atoms with E-state index in [4.69, 9.17) is 0 Å². The number of aliphatic hydroxyl groups is 1. The summed E-state index contributed by atoms with van der Waals surface area (Å²) in [6, 6.07) is 6.41. The van der Waals surface area contributed by atoms with Crippen LogP contribution in [0, 0.1) is 12.7 Å². The van der Waals surface area contributed by atoms with Crippen LogP contribution in [0.4, 0.5) is 4.39 Å². The maximum atomic E-state index is 14.0. The molecule has 0 radical (unpaired) electrons. The molecule has 24 heavy (non-hydrogen) atoms. The highest BCUT2D eigenvalue weighted by Crippen LogP contribution is 2.25. The number of para-hydroxylation sites is 1. The maximum Gasteiger partial charge on any atom is 0.257 e. The Bertz CT molecular complexity index is 742. The first-order valence-corrected chi connectivity index (χ1v) is 8.27. The summed E-state index contributed by atoms with van der Waals surface area (Å²) in [6.45, 7) is 4.19. The minimum atomic E-state index is -0.439. The first kappa shape index (κ1) is 16.6. The number of aliphatic hydroxyl groups excluding tert-OH is 1. The molecule has 2 atom stereocenters. The van der Waals surface area contributed by atoms with E-state index in [1.807, 2.05) is 4.90 Å². The summed E-state index contributed by atoms with van der Waals surface area (Å²) in [5, 5.41) is 13.8. The molecule has 0 spiro atoms. The van der Waals surface area contributed by atoms with Gasteiger partial charge in [-0.15, -0.1) is 0 Å². The molecule has 0 aliphatic carbocycles. The standard InChI is InChI=1S/C18H22FN3O2/c1-12(23)10-14-6-5-9-21(14)18(24)15-11-20-22(13(15)2)17-8-4-3-7-16(17)19/h3-4,7-8,11-12,14,23H,5-6,9-10H2,1-2H3. The van der Waals surface area contributed by atoms with Gasteiger partial charge >= 0.3 is 0 Å². The van der Waals surface area contributed by atoms with Crippen molar-refractivity contribution >= 4 is 5.91 Å². The van der Waals surface area contributed by atoms with Crippen molar-refractivity contribution in [3.05, 3.63) is 47.5 Å². The van der Waals surface area contributed by atoms with Crippen molar-refractivity contribution in [2.24, 2.45) is 0 Å². The number of likely N-dealkylation sites (tertiary alicyclic amines) is 1. The van der Waals surface area contributed by atoms with Crippen molar-refractivity contribution in [1.29, 1.82) is 0 Å². The monoisotopic (exact) mass is 331 g/mol. The lowest BCUT2D eigenvalue weighted by Gasteiger charge is -2.25. The van der Waals surface area contributed by atoms with Crippen molar-refractivity contribution in [3.63, 3.8) is 0 Å². The van der Waals surface area contributed by atoms with Crippen molar-refractivity contribution < 1.29 is 14.3 Å². The van der Waals surface area contributed by atoms with Crippen molar-refractivity contribution in [1.82, 2.24) is 14.7 Å². The molecule has 5 nitrogen and oxygen atoms in total. The van der Waals surface area contributed by atoms with Gasteiger partial charge in [-0.05, 0) is 45.2 Å². The van der Waals surface area contributed by atoms with Gasteiger partial charge in [-0.2, -0.15) is 5.10 Å². The first-order valence-electron chi connectivity index (χ1n) is 8.27. The van der Waals surface area contributed by atoms with Crippen LogP contribution in [0.5, 0.6) is 0 Å². The fraction of sp³-hybridized carbons (Fsp3) is 0.444. The van der Waals surface area contributed by atoms with E-state index in [0.29, 0.717) is 29.9 Å². The zero-order valence-electron chi connectivity index (χ0n) is 13.9. The van der Waals surface area contributed by atoms with E-state index < -0.39 is 6.10 Å². The number of rotatable bonds is 4. The summed E-state index contributed by atoms with van der Waals surface area (Å²) in [4.78, 5) is 14.7. The molecule has 2 aromatic rings. The summed E-state index contributed by atoms with van der Waals surface area (Å²) < 4.78 is 15.4. The van der Waals surface area contributed by atoms with Crippen molar-refractivity contribution in [2.75, 3.05) is 6.54 Å². The van der Waals surface area contributed by atoms with Gasteiger partial charge in [0.05, 0.1) is 23.6 Å². The zero-order chi connectivity index (χ0) is 17.3. The molecule has 0 bridgehead atoms. The zero-order valence-corrected chi connectivity index (χ0v) is 13.9. The van der Waals surface area contributed by atoms with Gasteiger partial charge in [0, 0.05) is 12.6 Å². The third-order valence-corrected chi connectivity index (χ3v) is 4.57. The molecule has 1 N–H and O–H groups in total. The predicted molar refractivity (Wildman–Crippen MR) is 88.6 cm³/mol. The first-order chi connectivity index (χ1) is 11.5. The Kier molecular flexibility index (Phi) is 4.66. The van der Waals surface area contributed by atoms with Crippen LogP contribution in [0.1, 0.15) is 42.2 Å². The number of carbonyl (C=O) groups excluding carboxylic acids is 1. The van der Waals surface area contributed by atoms with Crippen molar-refractivity contribution in [2.45, 2.75) is 45.3 Å². The molecule has 1 amide bonds. The molecule has 1 saturated heterocycles. The second-order valence-electron chi connectivity index (χ2n) is 6.39. The quantitative estimate of drug-likeness (QED) is 0.937. The van der Waals surface area contributed by atoms with Crippen molar-refractivity contribution in [3.8, 4) is 5.69 Å². The molecule has 2 unspecified atom stereocenters. The Morgan fingerprint density at radius 2 is 2.21 bits per heavy atom. The largest absolute Gasteiger partial charge is 0.393 e. The Hall–Kier alpha value is -2.21. The summed E-state index contributed by atoms with van der Waals surface area (Å²) in [7, 11) is 0. The number of aromatic nitrogens is 2. The highest BCUT2D eigenvalue weighted by Gasteiger charge is 2.32. The molecule has 1 aromatic carbocycles. The molecule has 0 saturated carbocycles. The molecular formula is C18H22FN3O2. The number of benzene rings is 1. The third-order valence-electron chi connectivity index (χ3n) is 4.57. The summed E-state index contributed by atoms with van der Waals surface area (Å²) in [6.07, 6.45) is 3.47. The summed E-state index contributed by atoms with van der Waals surface area (Å²) in [5.41, 5.74) is 1.43. The number of carbonyl (C=O) groups is 1. The Morgan fingerprint density at radius 1 is 1.46 bits per heavy atom. The molecule has 6 heteroatoms. The number of amides is 1. The smallest absolute Gasteiger partial charge is 0.257 e. The average molecular weight is 331 g/mol. The minimum Gasteiger partial charge on any atom is -0.393 e. The van der Waals surface area contributed by atoms with Gasteiger partial charge < -0.3 is 10.0 Å². The summed E-state index contributed by atoms with van der Waals surface area (Å²) >= 11 is 0. The Balaban J connectivity index is 1.88. The normalized spacial score (nSPS) is 18.8. The van der Waals surface area contributed by atoms with E-state index in [2.05, 4.69) is 5.10 Å². The lowest BCUT2D eigenvalue weighted by atomic mass is 10.1. The van der Waals surface area contributed by atoms with E-state index in [1.54, 1.807) is 32.0 Å². The van der Waals surface area contributed by atoms with Gasteiger partial charge in [0.25, 0.3) is 5.91 Å². The van der Waals surface area contributed by atoms with Gasteiger partial charge in [-0.25, -0.2) is 9.07 Å². The van der Waals surface area contributed by atoms with Gasteiger partial charge in [0.2, 0.25) is 0 Å². The van der Waals surface area contributed by atoms with E-state index in [0.717, 1.165) is 12.8 Å². The molecular weight excluding hydrogens is 309 g/mol. The van der Waals surface area contributed by atoms with Gasteiger partial charge in [-0.3, -0.25) is 4.79 Å². The minimum absolute atomic E-state index is 0.0497. The number of halogens is 1. The maximum absolute atomic E-state index is 14.0. The van der Waals surface area contributed by atoms with Gasteiger partial charge in [-0.1, -0.05) is 12.1 Å². The second kappa shape index (κ2) is 6.73. The number of hydrogen-bond acceptors (Lipinski definition) is 3. The van der Waals surface area contributed by atoms with Crippen LogP contribution >= 0.6 is 0 Å². The molecule has 1 aliphatic rings. The van der Waals surface area contributed by atoms with Crippen LogP contribution in [0.2, 0.25) is 0 Å². The third kappa shape index (κ3) is 3.06. The summed E-state index contributed by atoms with van der Waals surface area (Å²) in [5.74, 6) is -0.478. The number of hydrogen-bond donors (Lipinski definition) is 1.